The molecule has 1 aliphatic rings. The number of benzene rings is 1. The van der Waals surface area contributed by atoms with Crippen LogP contribution in [0.15, 0.2) is 30.3 Å². The van der Waals surface area contributed by atoms with Crippen molar-refractivity contribution >= 4 is 27.8 Å². The molecule has 7 heteroatoms. The number of carbonyl (C=O) groups excluding carboxylic acids is 2. The first-order valence-corrected chi connectivity index (χ1v) is 9.54. The predicted octanol–water partition coefficient (Wildman–Crippen LogP) is 1.24. The summed E-state index contributed by atoms with van der Waals surface area (Å²) < 4.78 is 27.8. The van der Waals surface area contributed by atoms with Crippen LogP contribution in [0, 0.1) is 6.92 Å². The van der Waals surface area contributed by atoms with Crippen molar-refractivity contribution in [3.05, 3.63) is 41.5 Å². The Kier molecular flexibility index (Phi) is 5.77. The van der Waals surface area contributed by atoms with Crippen molar-refractivity contribution in [2.24, 2.45) is 0 Å². The Labute approximate surface area is 141 Å². The highest BCUT2D eigenvalue weighted by Crippen LogP contribution is 2.12. The van der Waals surface area contributed by atoms with Gasteiger partial charge in [0.15, 0.2) is 15.9 Å². The van der Waals surface area contributed by atoms with Gasteiger partial charge in [-0.1, -0.05) is 24.3 Å². The second-order valence-electron chi connectivity index (χ2n) is 5.88. The summed E-state index contributed by atoms with van der Waals surface area (Å²) in [7, 11) is -3.07. The lowest BCUT2D eigenvalue weighted by molar-refractivity contribution is -0.150. The lowest BCUT2D eigenvalue weighted by atomic mass is 10.1. The van der Waals surface area contributed by atoms with Gasteiger partial charge in [0.1, 0.15) is 0 Å². The largest absolute Gasteiger partial charge is 0.449 e. The molecular formula is C17H21NO5S. The van der Waals surface area contributed by atoms with Crippen LogP contribution >= 0.6 is 0 Å². The van der Waals surface area contributed by atoms with Crippen LogP contribution in [0.5, 0.6) is 0 Å². The number of hydrogen-bond acceptors (Lipinski definition) is 5. The smallest absolute Gasteiger partial charge is 0.331 e. The Morgan fingerprint density at radius 1 is 1.33 bits per heavy atom. The molecule has 1 aromatic carbocycles. The number of rotatable bonds is 5. The minimum absolute atomic E-state index is 0.0629. The van der Waals surface area contributed by atoms with Gasteiger partial charge in [-0.15, -0.1) is 0 Å². The first-order valence-electron chi connectivity index (χ1n) is 7.72. The highest BCUT2D eigenvalue weighted by atomic mass is 32.2. The number of hydrogen-bond donors (Lipinski definition) is 1. The Bertz CT molecular complexity index is 754. The van der Waals surface area contributed by atoms with Gasteiger partial charge in [-0.3, -0.25) is 4.79 Å². The van der Waals surface area contributed by atoms with E-state index in [9.17, 15) is 18.0 Å². The van der Waals surface area contributed by atoms with E-state index in [4.69, 9.17) is 4.74 Å². The summed E-state index contributed by atoms with van der Waals surface area (Å²) in [6.07, 6.45) is 2.31. The summed E-state index contributed by atoms with van der Waals surface area (Å²) in [6, 6.07) is 7.16. The Hall–Kier alpha value is -2.15. The van der Waals surface area contributed by atoms with Crippen LogP contribution < -0.4 is 5.32 Å². The van der Waals surface area contributed by atoms with Crippen molar-refractivity contribution in [2.75, 3.05) is 11.5 Å². The highest BCUT2D eigenvalue weighted by Gasteiger charge is 2.30. The summed E-state index contributed by atoms with van der Waals surface area (Å²) in [6.45, 7) is 3.38. The third-order valence-electron chi connectivity index (χ3n) is 3.83. The molecule has 1 N–H and O–H groups in total. The molecule has 0 aliphatic carbocycles. The second-order valence-corrected chi connectivity index (χ2v) is 8.11. The van der Waals surface area contributed by atoms with Crippen molar-refractivity contribution in [2.45, 2.75) is 32.4 Å². The van der Waals surface area contributed by atoms with Gasteiger partial charge in [0.05, 0.1) is 11.5 Å². The van der Waals surface area contributed by atoms with Crippen molar-refractivity contribution < 1.29 is 22.7 Å². The summed E-state index contributed by atoms with van der Waals surface area (Å²) in [5, 5.41) is 2.60. The van der Waals surface area contributed by atoms with E-state index in [0.29, 0.717) is 6.42 Å². The molecule has 0 radical (unpaired) electrons. The van der Waals surface area contributed by atoms with E-state index in [0.717, 1.165) is 11.1 Å². The molecule has 0 unspecified atom stereocenters. The fourth-order valence-corrected chi connectivity index (χ4v) is 4.10. The molecule has 24 heavy (non-hydrogen) atoms. The summed E-state index contributed by atoms with van der Waals surface area (Å²) in [5.74, 6) is -1.10. The van der Waals surface area contributed by atoms with E-state index in [1.165, 1.54) is 13.0 Å². The van der Waals surface area contributed by atoms with E-state index >= 15 is 0 Å². The van der Waals surface area contributed by atoms with Gasteiger partial charge in [0.2, 0.25) is 0 Å². The molecule has 2 atom stereocenters. The standard InChI is InChI=1S/C17H21NO5S/c1-12-5-3-4-6-14(12)7-8-16(19)23-13(2)17(20)18-15-9-10-24(21,22)11-15/h3-8,13,15H,9-11H2,1-2H3,(H,18,20)/b8-7+/t13-,15+/m0/s1. The third-order valence-corrected chi connectivity index (χ3v) is 5.60. The van der Waals surface area contributed by atoms with E-state index in [1.807, 2.05) is 31.2 Å². The topological polar surface area (TPSA) is 89.5 Å². The molecule has 1 fully saturated rings. The maximum Gasteiger partial charge on any atom is 0.331 e. The van der Waals surface area contributed by atoms with E-state index in [1.54, 1.807) is 6.08 Å². The molecule has 0 aromatic heterocycles. The predicted molar refractivity (Wildman–Crippen MR) is 91.0 cm³/mol. The second kappa shape index (κ2) is 7.61. The Morgan fingerprint density at radius 2 is 2.04 bits per heavy atom. The lowest BCUT2D eigenvalue weighted by Crippen LogP contribution is -2.42. The number of esters is 1. The Morgan fingerprint density at radius 3 is 2.67 bits per heavy atom. The van der Waals surface area contributed by atoms with Gasteiger partial charge < -0.3 is 10.1 Å². The molecule has 1 amide bonds. The summed E-state index contributed by atoms with van der Waals surface area (Å²) >= 11 is 0. The zero-order chi connectivity index (χ0) is 17.7. The Balaban J connectivity index is 1.85. The number of nitrogens with one attached hydrogen (secondary N) is 1. The first kappa shape index (κ1) is 18.2. The minimum atomic E-state index is -3.07. The van der Waals surface area contributed by atoms with Gasteiger partial charge in [-0.2, -0.15) is 0 Å². The number of ether oxygens (including phenoxy) is 1. The molecule has 1 aromatic rings. The summed E-state index contributed by atoms with van der Waals surface area (Å²) in [4.78, 5) is 23.8. The molecule has 0 spiro atoms. The molecule has 0 saturated carbocycles. The fourth-order valence-electron chi connectivity index (χ4n) is 2.43. The van der Waals surface area contributed by atoms with Crippen molar-refractivity contribution in [1.82, 2.24) is 5.32 Å². The highest BCUT2D eigenvalue weighted by molar-refractivity contribution is 7.91. The molecule has 2 rings (SSSR count). The van der Waals surface area contributed by atoms with Crippen LogP contribution in [0.3, 0.4) is 0 Å². The maximum atomic E-state index is 12.0. The van der Waals surface area contributed by atoms with Gasteiger partial charge in [0.25, 0.3) is 5.91 Å². The number of sulfone groups is 1. The molecule has 0 bridgehead atoms. The lowest BCUT2D eigenvalue weighted by Gasteiger charge is -2.15. The van der Waals surface area contributed by atoms with Crippen molar-refractivity contribution in [3.8, 4) is 0 Å². The fraction of sp³-hybridized carbons (Fsp3) is 0.412. The SMILES string of the molecule is Cc1ccccc1/C=C/C(=O)O[C@@H](C)C(=O)N[C@@H]1CCS(=O)(=O)C1. The van der Waals surface area contributed by atoms with E-state index in [2.05, 4.69) is 5.32 Å². The molecule has 1 saturated heterocycles. The van der Waals surface area contributed by atoms with Crippen molar-refractivity contribution in [1.29, 1.82) is 0 Å². The van der Waals surface area contributed by atoms with Gasteiger partial charge in [0, 0.05) is 12.1 Å². The first-order chi connectivity index (χ1) is 11.3. The summed E-state index contributed by atoms with van der Waals surface area (Å²) in [5.41, 5.74) is 1.91. The zero-order valence-electron chi connectivity index (χ0n) is 13.7. The average Bonchev–Trinajstić information content (AvgIpc) is 2.85. The van der Waals surface area contributed by atoms with Gasteiger partial charge in [-0.25, -0.2) is 13.2 Å². The third kappa shape index (κ3) is 5.19. The van der Waals surface area contributed by atoms with Crippen LogP contribution in [0.1, 0.15) is 24.5 Å². The minimum Gasteiger partial charge on any atom is -0.449 e. The van der Waals surface area contributed by atoms with Crippen LogP contribution in [-0.2, 0) is 24.2 Å². The molecule has 130 valence electrons. The monoisotopic (exact) mass is 351 g/mol. The number of carbonyl (C=O) groups is 2. The van der Waals surface area contributed by atoms with E-state index in [-0.39, 0.29) is 11.5 Å². The normalized spacial score (nSPS) is 20.7. The average molecular weight is 351 g/mol. The van der Waals surface area contributed by atoms with Crippen LogP contribution in [-0.4, -0.2) is 43.9 Å². The quantitative estimate of drug-likeness (QED) is 0.637. The van der Waals surface area contributed by atoms with Crippen LogP contribution in [0.25, 0.3) is 6.08 Å². The number of aryl methyl sites for hydroxylation is 1. The molecule has 1 aliphatic heterocycles. The van der Waals surface area contributed by atoms with Gasteiger partial charge in [-0.05, 0) is 37.5 Å². The maximum absolute atomic E-state index is 12.0. The molecule has 1 heterocycles. The van der Waals surface area contributed by atoms with Crippen LogP contribution in [0.2, 0.25) is 0 Å². The van der Waals surface area contributed by atoms with E-state index < -0.39 is 33.9 Å². The molecular weight excluding hydrogens is 330 g/mol. The number of amides is 1. The van der Waals surface area contributed by atoms with Crippen LogP contribution in [0.4, 0.5) is 0 Å². The van der Waals surface area contributed by atoms with Gasteiger partial charge >= 0.3 is 5.97 Å². The molecule has 6 nitrogen and oxygen atoms in total. The zero-order valence-corrected chi connectivity index (χ0v) is 14.5. The van der Waals surface area contributed by atoms with Crippen molar-refractivity contribution in [3.63, 3.8) is 0 Å².